The van der Waals surface area contributed by atoms with Gasteiger partial charge in [-0.05, 0) is 40.5 Å². The highest BCUT2D eigenvalue weighted by Crippen LogP contribution is 2.29. The van der Waals surface area contributed by atoms with Crippen molar-refractivity contribution in [2.24, 2.45) is 5.92 Å². The SMILES string of the molecule is CCCC(CBr)COc1ccc(OC)cc1Br. The molecule has 17 heavy (non-hydrogen) atoms. The monoisotopic (exact) mass is 364 g/mol. The maximum atomic E-state index is 5.81. The van der Waals surface area contributed by atoms with E-state index in [0.717, 1.165) is 27.9 Å². The second-order valence-corrected chi connectivity index (χ2v) is 5.42. The molecule has 1 aromatic carbocycles. The summed E-state index contributed by atoms with van der Waals surface area (Å²) >= 11 is 7.00. The van der Waals surface area contributed by atoms with Crippen LogP contribution in [0.15, 0.2) is 22.7 Å². The molecule has 0 bridgehead atoms. The molecule has 0 N–H and O–H groups in total. The molecule has 1 atom stereocenters. The van der Waals surface area contributed by atoms with Crippen molar-refractivity contribution in [3.63, 3.8) is 0 Å². The number of methoxy groups -OCH3 is 1. The summed E-state index contributed by atoms with van der Waals surface area (Å²) in [5.74, 6) is 2.26. The summed E-state index contributed by atoms with van der Waals surface area (Å²) in [5.41, 5.74) is 0. The Bertz CT molecular complexity index is 342. The predicted octanol–water partition coefficient (Wildman–Crippen LogP) is 4.65. The molecule has 1 aromatic rings. The molecule has 1 rings (SSSR count). The van der Waals surface area contributed by atoms with E-state index in [1.165, 1.54) is 12.8 Å². The third kappa shape index (κ3) is 4.88. The standard InChI is InChI=1S/C13H18Br2O2/c1-3-4-10(8-14)9-17-13-6-5-11(16-2)7-12(13)15/h5-7,10H,3-4,8-9H2,1-2H3. The average Bonchev–Trinajstić information content (AvgIpc) is 2.35. The molecule has 0 heterocycles. The first-order valence-electron chi connectivity index (χ1n) is 5.73. The molecule has 0 amide bonds. The molecule has 2 nitrogen and oxygen atoms in total. The molecule has 1 unspecified atom stereocenters. The Hall–Kier alpha value is -0.220. The molecule has 0 radical (unpaired) electrons. The molecule has 0 fully saturated rings. The minimum absolute atomic E-state index is 0.564. The van der Waals surface area contributed by atoms with Crippen molar-refractivity contribution in [2.45, 2.75) is 19.8 Å². The van der Waals surface area contributed by atoms with Gasteiger partial charge >= 0.3 is 0 Å². The summed E-state index contributed by atoms with van der Waals surface area (Å²) in [6.07, 6.45) is 2.36. The fraction of sp³-hybridized carbons (Fsp3) is 0.538. The second-order valence-electron chi connectivity index (χ2n) is 3.92. The third-order valence-electron chi connectivity index (χ3n) is 2.53. The van der Waals surface area contributed by atoms with Gasteiger partial charge < -0.3 is 9.47 Å². The number of alkyl halides is 1. The molecule has 96 valence electrons. The first-order chi connectivity index (χ1) is 8.21. The molecule has 0 aromatic heterocycles. The van der Waals surface area contributed by atoms with Gasteiger partial charge in [-0.2, -0.15) is 0 Å². The molecular weight excluding hydrogens is 348 g/mol. The minimum Gasteiger partial charge on any atom is -0.497 e. The van der Waals surface area contributed by atoms with E-state index in [-0.39, 0.29) is 0 Å². The van der Waals surface area contributed by atoms with Crippen LogP contribution in [0.2, 0.25) is 0 Å². The fourth-order valence-corrected chi connectivity index (χ4v) is 2.53. The molecule has 0 aliphatic carbocycles. The maximum absolute atomic E-state index is 5.81. The fourth-order valence-electron chi connectivity index (χ4n) is 1.55. The van der Waals surface area contributed by atoms with Gasteiger partial charge in [0, 0.05) is 11.2 Å². The van der Waals surface area contributed by atoms with Gasteiger partial charge in [-0.15, -0.1) is 0 Å². The summed E-state index contributed by atoms with van der Waals surface area (Å²) in [6, 6.07) is 5.75. The molecule has 0 saturated carbocycles. The molecule has 0 saturated heterocycles. The van der Waals surface area contributed by atoms with Gasteiger partial charge in [0.15, 0.2) is 0 Å². The number of ether oxygens (including phenoxy) is 2. The Balaban J connectivity index is 2.56. The second kappa shape index (κ2) is 7.98. The van der Waals surface area contributed by atoms with E-state index in [9.17, 15) is 0 Å². The summed E-state index contributed by atoms with van der Waals surface area (Å²) in [6.45, 7) is 2.93. The average molecular weight is 366 g/mol. The quantitative estimate of drug-likeness (QED) is 0.655. The lowest BCUT2D eigenvalue weighted by atomic mass is 10.1. The Kier molecular flexibility index (Phi) is 6.97. The highest BCUT2D eigenvalue weighted by molar-refractivity contribution is 9.10. The topological polar surface area (TPSA) is 18.5 Å². The van der Waals surface area contributed by atoms with Gasteiger partial charge in [-0.1, -0.05) is 29.3 Å². The molecule has 0 aliphatic heterocycles. The van der Waals surface area contributed by atoms with Crippen molar-refractivity contribution in [3.05, 3.63) is 22.7 Å². The first kappa shape index (κ1) is 14.8. The van der Waals surface area contributed by atoms with Gasteiger partial charge in [0.05, 0.1) is 18.2 Å². The lowest BCUT2D eigenvalue weighted by Crippen LogP contribution is -2.13. The van der Waals surface area contributed by atoms with Crippen molar-refractivity contribution in [1.82, 2.24) is 0 Å². The maximum Gasteiger partial charge on any atom is 0.133 e. The Morgan fingerprint density at radius 3 is 2.65 bits per heavy atom. The lowest BCUT2D eigenvalue weighted by Gasteiger charge is -2.15. The molecular formula is C13H18Br2O2. The van der Waals surface area contributed by atoms with E-state index in [0.29, 0.717) is 5.92 Å². The zero-order valence-electron chi connectivity index (χ0n) is 10.2. The van der Waals surface area contributed by atoms with Gasteiger partial charge in [0.25, 0.3) is 0 Å². The molecule has 0 aliphatic rings. The van der Waals surface area contributed by atoms with E-state index in [4.69, 9.17) is 9.47 Å². The normalized spacial score (nSPS) is 12.2. The first-order valence-corrected chi connectivity index (χ1v) is 7.65. The minimum atomic E-state index is 0.564. The zero-order chi connectivity index (χ0) is 12.7. The lowest BCUT2D eigenvalue weighted by molar-refractivity contribution is 0.253. The highest BCUT2D eigenvalue weighted by Gasteiger charge is 2.09. The Morgan fingerprint density at radius 2 is 2.12 bits per heavy atom. The van der Waals surface area contributed by atoms with Gasteiger partial charge in [0.1, 0.15) is 11.5 Å². The highest BCUT2D eigenvalue weighted by atomic mass is 79.9. The largest absolute Gasteiger partial charge is 0.497 e. The van der Waals surface area contributed by atoms with Crippen molar-refractivity contribution in [1.29, 1.82) is 0 Å². The third-order valence-corrected chi connectivity index (χ3v) is 4.06. The molecule has 4 heteroatoms. The van der Waals surface area contributed by atoms with Crippen LogP contribution in [-0.2, 0) is 0 Å². The van der Waals surface area contributed by atoms with E-state index in [1.54, 1.807) is 7.11 Å². The van der Waals surface area contributed by atoms with E-state index >= 15 is 0 Å². The van der Waals surface area contributed by atoms with Crippen LogP contribution in [0.3, 0.4) is 0 Å². The summed E-state index contributed by atoms with van der Waals surface area (Å²) in [5, 5.41) is 0.981. The number of rotatable bonds is 7. The van der Waals surface area contributed by atoms with Crippen molar-refractivity contribution in [3.8, 4) is 11.5 Å². The van der Waals surface area contributed by atoms with Crippen LogP contribution >= 0.6 is 31.9 Å². The number of halogens is 2. The van der Waals surface area contributed by atoms with Crippen LogP contribution in [0.4, 0.5) is 0 Å². The molecule has 0 spiro atoms. The Labute approximate surface area is 120 Å². The summed E-state index contributed by atoms with van der Waals surface area (Å²) in [7, 11) is 1.66. The number of hydrogen-bond donors (Lipinski definition) is 0. The van der Waals surface area contributed by atoms with Crippen LogP contribution in [-0.4, -0.2) is 19.0 Å². The van der Waals surface area contributed by atoms with Crippen LogP contribution < -0.4 is 9.47 Å². The predicted molar refractivity (Wildman–Crippen MR) is 78.4 cm³/mol. The summed E-state index contributed by atoms with van der Waals surface area (Å²) in [4.78, 5) is 0. The van der Waals surface area contributed by atoms with Crippen molar-refractivity contribution in [2.75, 3.05) is 19.0 Å². The van der Waals surface area contributed by atoms with E-state index in [2.05, 4.69) is 38.8 Å². The smallest absolute Gasteiger partial charge is 0.133 e. The van der Waals surface area contributed by atoms with Crippen LogP contribution in [0.25, 0.3) is 0 Å². The van der Waals surface area contributed by atoms with Gasteiger partial charge in [-0.25, -0.2) is 0 Å². The number of hydrogen-bond acceptors (Lipinski definition) is 2. The zero-order valence-corrected chi connectivity index (χ0v) is 13.4. The van der Waals surface area contributed by atoms with Crippen molar-refractivity contribution >= 4 is 31.9 Å². The van der Waals surface area contributed by atoms with Crippen LogP contribution in [0.5, 0.6) is 11.5 Å². The van der Waals surface area contributed by atoms with Crippen LogP contribution in [0, 0.1) is 5.92 Å². The number of benzene rings is 1. The summed E-state index contributed by atoms with van der Waals surface area (Å²) < 4.78 is 11.9. The van der Waals surface area contributed by atoms with Gasteiger partial charge in [0.2, 0.25) is 0 Å². The van der Waals surface area contributed by atoms with E-state index in [1.807, 2.05) is 18.2 Å². The van der Waals surface area contributed by atoms with Gasteiger partial charge in [-0.3, -0.25) is 0 Å². The van der Waals surface area contributed by atoms with E-state index < -0.39 is 0 Å². The van der Waals surface area contributed by atoms with Crippen LogP contribution in [0.1, 0.15) is 19.8 Å². The van der Waals surface area contributed by atoms with Crippen molar-refractivity contribution < 1.29 is 9.47 Å². The Morgan fingerprint density at radius 1 is 1.35 bits per heavy atom.